The van der Waals surface area contributed by atoms with Gasteiger partial charge in [0.15, 0.2) is 5.96 Å². The maximum absolute atomic E-state index is 11.5. The number of aliphatic imine (C=N–C) groups is 1. The number of rotatable bonds is 7. The highest BCUT2D eigenvalue weighted by Crippen LogP contribution is 2.23. The van der Waals surface area contributed by atoms with Crippen LogP contribution in [-0.2, 0) is 17.9 Å². The molecule has 3 atom stereocenters. The third-order valence-corrected chi connectivity index (χ3v) is 6.35. The zero-order valence-electron chi connectivity index (χ0n) is 18.7. The summed E-state index contributed by atoms with van der Waals surface area (Å²) in [6.45, 7) is 8.64. The maximum atomic E-state index is 11.5. The van der Waals surface area contributed by atoms with Gasteiger partial charge in [0.2, 0.25) is 5.91 Å². The van der Waals surface area contributed by atoms with E-state index in [-0.39, 0.29) is 11.8 Å². The molecule has 3 unspecified atom stereocenters. The Kier molecular flexibility index (Phi) is 8.55. The van der Waals surface area contributed by atoms with Gasteiger partial charge in [0.25, 0.3) is 0 Å². The van der Waals surface area contributed by atoms with Crippen molar-refractivity contribution in [2.45, 2.75) is 71.5 Å². The van der Waals surface area contributed by atoms with Crippen LogP contribution in [0.3, 0.4) is 0 Å². The molecule has 6 nitrogen and oxygen atoms in total. The Balaban J connectivity index is 1.58. The number of nitrogens with two attached hydrogens (primary N) is 1. The minimum absolute atomic E-state index is 0.0113. The summed E-state index contributed by atoms with van der Waals surface area (Å²) in [5.74, 6) is 1.53. The molecule has 1 saturated heterocycles. The number of amides is 1. The molecule has 166 valence electrons. The van der Waals surface area contributed by atoms with Gasteiger partial charge in [-0.2, -0.15) is 0 Å². The van der Waals surface area contributed by atoms with Crippen molar-refractivity contribution in [3.63, 3.8) is 0 Å². The fourth-order valence-electron chi connectivity index (χ4n) is 4.76. The van der Waals surface area contributed by atoms with E-state index in [2.05, 4.69) is 53.6 Å². The number of piperidine rings is 1. The summed E-state index contributed by atoms with van der Waals surface area (Å²) in [7, 11) is 0. The van der Waals surface area contributed by atoms with Crippen molar-refractivity contribution < 1.29 is 4.79 Å². The molecule has 2 fully saturated rings. The molecule has 1 aliphatic carbocycles. The van der Waals surface area contributed by atoms with Gasteiger partial charge in [-0.15, -0.1) is 0 Å². The van der Waals surface area contributed by atoms with Crippen LogP contribution in [0, 0.1) is 11.8 Å². The van der Waals surface area contributed by atoms with Crippen LogP contribution in [0.4, 0.5) is 0 Å². The smallest absolute Gasteiger partial charge is 0.221 e. The second-order valence-corrected chi connectivity index (χ2v) is 9.10. The van der Waals surface area contributed by atoms with Gasteiger partial charge in [-0.05, 0) is 56.2 Å². The SMILES string of the molecule is CCNC(=NCc1cccc(CN2CCCC(C(N)=O)C2)c1)NC1CCCC(C)C1. The molecule has 6 heteroatoms. The Bertz CT molecular complexity index is 719. The fraction of sp³-hybridized carbons (Fsp3) is 0.667. The second-order valence-electron chi connectivity index (χ2n) is 9.10. The highest BCUT2D eigenvalue weighted by Gasteiger charge is 2.24. The van der Waals surface area contributed by atoms with Crippen LogP contribution in [0.5, 0.6) is 0 Å². The molecule has 30 heavy (non-hydrogen) atoms. The number of hydrogen-bond acceptors (Lipinski definition) is 3. The summed E-state index contributed by atoms with van der Waals surface area (Å²) in [6.07, 6.45) is 7.05. The second kappa shape index (κ2) is 11.3. The lowest BCUT2D eigenvalue weighted by atomic mass is 9.87. The van der Waals surface area contributed by atoms with Crippen molar-refractivity contribution >= 4 is 11.9 Å². The normalized spacial score (nSPS) is 25.7. The average molecular weight is 414 g/mol. The number of nitrogens with one attached hydrogen (secondary N) is 2. The largest absolute Gasteiger partial charge is 0.369 e. The molecule has 1 heterocycles. The number of nitrogens with zero attached hydrogens (tertiary/aromatic N) is 2. The van der Waals surface area contributed by atoms with Gasteiger partial charge in [0, 0.05) is 25.7 Å². The molecule has 1 amide bonds. The van der Waals surface area contributed by atoms with E-state index >= 15 is 0 Å². The third-order valence-electron chi connectivity index (χ3n) is 6.35. The molecule has 3 rings (SSSR count). The Morgan fingerprint density at radius 3 is 2.83 bits per heavy atom. The molecule has 2 aliphatic rings. The predicted molar refractivity (Wildman–Crippen MR) is 123 cm³/mol. The molecule has 0 radical (unpaired) electrons. The number of hydrogen-bond donors (Lipinski definition) is 3. The minimum atomic E-state index is -0.168. The quantitative estimate of drug-likeness (QED) is 0.474. The van der Waals surface area contributed by atoms with Crippen molar-refractivity contribution in [2.24, 2.45) is 22.6 Å². The molecule has 4 N–H and O–H groups in total. The van der Waals surface area contributed by atoms with E-state index in [1.165, 1.54) is 36.8 Å². The van der Waals surface area contributed by atoms with Crippen LogP contribution < -0.4 is 16.4 Å². The molecule has 1 saturated carbocycles. The van der Waals surface area contributed by atoms with E-state index in [0.29, 0.717) is 12.6 Å². The molecule has 0 bridgehead atoms. The Hall–Kier alpha value is -2.08. The van der Waals surface area contributed by atoms with Crippen molar-refractivity contribution in [1.29, 1.82) is 0 Å². The highest BCUT2D eigenvalue weighted by atomic mass is 16.1. The Morgan fingerprint density at radius 1 is 1.23 bits per heavy atom. The first kappa shape index (κ1) is 22.6. The van der Waals surface area contributed by atoms with Gasteiger partial charge in [0.05, 0.1) is 12.5 Å². The molecule has 0 spiro atoms. The Morgan fingerprint density at radius 2 is 2.07 bits per heavy atom. The molecular formula is C24H39N5O. The number of primary amides is 1. The van der Waals surface area contributed by atoms with E-state index in [1.54, 1.807) is 0 Å². The van der Waals surface area contributed by atoms with E-state index in [0.717, 1.165) is 50.9 Å². The standard InChI is InChI=1S/C24H39N5O/c1-3-26-24(28-22-11-4-7-18(2)13-22)27-15-19-8-5-9-20(14-19)16-29-12-6-10-21(17-29)23(25)30/h5,8-9,14,18,21-22H,3-4,6-7,10-13,15-17H2,1-2H3,(H2,25,30)(H2,26,27,28). The first-order valence-electron chi connectivity index (χ1n) is 11.7. The van der Waals surface area contributed by atoms with Crippen molar-refractivity contribution in [1.82, 2.24) is 15.5 Å². The summed E-state index contributed by atoms with van der Waals surface area (Å²) in [5.41, 5.74) is 8.01. The van der Waals surface area contributed by atoms with Gasteiger partial charge >= 0.3 is 0 Å². The van der Waals surface area contributed by atoms with Gasteiger partial charge in [-0.3, -0.25) is 9.69 Å². The number of benzene rings is 1. The van der Waals surface area contributed by atoms with E-state index in [9.17, 15) is 4.79 Å². The van der Waals surface area contributed by atoms with Gasteiger partial charge < -0.3 is 16.4 Å². The average Bonchev–Trinajstić information content (AvgIpc) is 2.73. The topological polar surface area (TPSA) is 82.8 Å². The predicted octanol–water partition coefficient (Wildman–Crippen LogP) is 3.02. The number of carbonyl (C=O) groups is 1. The molecule has 1 aliphatic heterocycles. The van der Waals surface area contributed by atoms with Crippen LogP contribution in [-0.4, -0.2) is 42.4 Å². The molecule has 0 aromatic heterocycles. The lowest BCUT2D eigenvalue weighted by molar-refractivity contribution is -0.123. The lowest BCUT2D eigenvalue weighted by Gasteiger charge is -2.31. The van der Waals surface area contributed by atoms with E-state index in [4.69, 9.17) is 10.7 Å². The van der Waals surface area contributed by atoms with Gasteiger partial charge in [-0.25, -0.2) is 4.99 Å². The summed E-state index contributed by atoms with van der Waals surface area (Å²) < 4.78 is 0. The third kappa shape index (κ3) is 7.01. The first-order chi connectivity index (χ1) is 14.5. The van der Waals surface area contributed by atoms with Crippen molar-refractivity contribution in [3.8, 4) is 0 Å². The lowest BCUT2D eigenvalue weighted by Crippen LogP contribution is -2.45. The fourth-order valence-corrected chi connectivity index (χ4v) is 4.76. The van der Waals surface area contributed by atoms with Crippen LogP contribution in [0.1, 0.15) is 63.5 Å². The number of likely N-dealkylation sites (tertiary alicyclic amines) is 1. The number of carbonyl (C=O) groups excluding carboxylic acids is 1. The maximum Gasteiger partial charge on any atom is 0.221 e. The van der Waals surface area contributed by atoms with Crippen molar-refractivity contribution in [2.75, 3.05) is 19.6 Å². The highest BCUT2D eigenvalue weighted by molar-refractivity contribution is 5.80. The summed E-state index contributed by atoms with van der Waals surface area (Å²) in [6, 6.07) is 9.17. The van der Waals surface area contributed by atoms with Crippen LogP contribution >= 0.6 is 0 Å². The molecule has 1 aromatic carbocycles. The van der Waals surface area contributed by atoms with Crippen LogP contribution in [0.25, 0.3) is 0 Å². The van der Waals surface area contributed by atoms with Crippen LogP contribution in [0.2, 0.25) is 0 Å². The van der Waals surface area contributed by atoms with Crippen LogP contribution in [0.15, 0.2) is 29.3 Å². The monoisotopic (exact) mass is 413 g/mol. The Labute approximate surface area is 181 Å². The van der Waals surface area contributed by atoms with Crippen molar-refractivity contribution in [3.05, 3.63) is 35.4 Å². The zero-order valence-corrected chi connectivity index (χ0v) is 18.7. The zero-order chi connectivity index (χ0) is 21.3. The first-order valence-corrected chi connectivity index (χ1v) is 11.7. The summed E-state index contributed by atoms with van der Waals surface area (Å²) in [4.78, 5) is 18.7. The van der Waals surface area contributed by atoms with Gasteiger partial charge in [-0.1, -0.05) is 44.0 Å². The molecular weight excluding hydrogens is 374 g/mol. The van der Waals surface area contributed by atoms with E-state index < -0.39 is 0 Å². The summed E-state index contributed by atoms with van der Waals surface area (Å²) in [5, 5.41) is 7.04. The summed E-state index contributed by atoms with van der Waals surface area (Å²) >= 11 is 0. The van der Waals surface area contributed by atoms with Gasteiger partial charge in [0.1, 0.15) is 0 Å². The minimum Gasteiger partial charge on any atom is -0.369 e. The van der Waals surface area contributed by atoms with E-state index in [1.807, 2.05) is 0 Å². The number of guanidine groups is 1. The molecule has 1 aromatic rings.